The zero-order valence-corrected chi connectivity index (χ0v) is 11.3. The molecule has 0 bridgehead atoms. The van der Waals surface area contributed by atoms with Crippen LogP contribution in [0.3, 0.4) is 0 Å². The number of nitrogens with one attached hydrogen (secondary N) is 1. The molecule has 1 aliphatic carbocycles. The van der Waals surface area contributed by atoms with Gasteiger partial charge in [0.1, 0.15) is 5.82 Å². The first kappa shape index (κ1) is 14.9. The molecule has 0 unspecified atom stereocenters. The summed E-state index contributed by atoms with van der Waals surface area (Å²) in [5, 5.41) is 21.6. The maximum Gasteiger partial charge on any atom is 0.223 e. The van der Waals surface area contributed by atoms with Crippen LogP contribution in [0.4, 0.5) is 4.39 Å². The second-order valence-electron chi connectivity index (χ2n) is 5.30. The molecule has 0 heterocycles. The van der Waals surface area contributed by atoms with E-state index < -0.39 is 6.04 Å². The fourth-order valence-corrected chi connectivity index (χ4v) is 2.56. The minimum absolute atomic E-state index is 0.111. The van der Waals surface area contributed by atoms with Crippen molar-refractivity contribution in [1.29, 1.82) is 0 Å². The number of aliphatic hydroxyl groups is 2. The number of benzene rings is 1. The van der Waals surface area contributed by atoms with Gasteiger partial charge in [-0.2, -0.15) is 0 Å². The van der Waals surface area contributed by atoms with E-state index in [1.165, 1.54) is 12.1 Å². The Morgan fingerprint density at radius 1 is 1.25 bits per heavy atom. The lowest BCUT2D eigenvalue weighted by Gasteiger charge is -2.26. The van der Waals surface area contributed by atoms with E-state index >= 15 is 0 Å². The summed E-state index contributed by atoms with van der Waals surface area (Å²) in [7, 11) is 0. The summed E-state index contributed by atoms with van der Waals surface area (Å²) in [4.78, 5) is 12.1. The van der Waals surface area contributed by atoms with Gasteiger partial charge in [0.15, 0.2) is 0 Å². The smallest absolute Gasteiger partial charge is 0.223 e. The van der Waals surface area contributed by atoms with Crippen molar-refractivity contribution in [3.63, 3.8) is 0 Å². The van der Waals surface area contributed by atoms with E-state index in [0.29, 0.717) is 31.2 Å². The second-order valence-corrected chi connectivity index (χ2v) is 5.30. The van der Waals surface area contributed by atoms with Gasteiger partial charge in [0, 0.05) is 5.92 Å². The minimum atomic E-state index is -0.519. The Morgan fingerprint density at radius 2 is 1.85 bits per heavy atom. The van der Waals surface area contributed by atoms with Crippen molar-refractivity contribution < 1.29 is 19.4 Å². The molecule has 1 saturated carbocycles. The molecule has 1 aliphatic rings. The molecule has 110 valence electrons. The summed E-state index contributed by atoms with van der Waals surface area (Å²) < 4.78 is 12.9. The fourth-order valence-electron chi connectivity index (χ4n) is 2.56. The van der Waals surface area contributed by atoms with Crippen LogP contribution in [0.5, 0.6) is 0 Å². The third kappa shape index (κ3) is 3.77. The highest BCUT2D eigenvalue weighted by molar-refractivity contribution is 5.79. The Kier molecular flexibility index (Phi) is 5.09. The maximum absolute atomic E-state index is 12.9. The number of rotatable bonds is 4. The van der Waals surface area contributed by atoms with Crippen LogP contribution in [-0.2, 0) is 4.79 Å². The van der Waals surface area contributed by atoms with Crippen molar-refractivity contribution in [1.82, 2.24) is 5.32 Å². The Bertz CT molecular complexity index is 441. The van der Waals surface area contributed by atoms with E-state index in [0.717, 1.165) is 0 Å². The number of carbonyl (C=O) groups is 1. The number of halogens is 1. The van der Waals surface area contributed by atoms with Crippen molar-refractivity contribution in [2.45, 2.75) is 37.8 Å². The number of carbonyl (C=O) groups excluding carboxylic acids is 1. The summed E-state index contributed by atoms with van der Waals surface area (Å²) >= 11 is 0. The molecule has 0 radical (unpaired) electrons. The van der Waals surface area contributed by atoms with Crippen molar-refractivity contribution in [3.8, 4) is 0 Å². The fraction of sp³-hybridized carbons (Fsp3) is 0.533. The van der Waals surface area contributed by atoms with Gasteiger partial charge in [-0.3, -0.25) is 4.79 Å². The van der Waals surface area contributed by atoms with Crippen LogP contribution < -0.4 is 5.32 Å². The molecule has 0 spiro atoms. The van der Waals surface area contributed by atoms with Crippen LogP contribution in [0, 0.1) is 11.7 Å². The predicted molar refractivity (Wildman–Crippen MR) is 72.3 cm³/mol. The van der Waals surface area contributed by atoms with Crippen LogP contribution >= 0.6 is 0 Å². The topological polar surface area (TPSA) is 69.6 Å². The molecule has 1 atom stereocenters. The summed E-state index contributed by atoms with van der Waals surface area (Å²) in [6, 6.07) is 5.21. The molecule has 0 saturated heterocycles. The first-order valence-electron chi connectivity index (χ1n) is 6.95. The zero-order valence-electron chi connectivity index (χ0n) is 11.3. The molecule has 3 N–H and O–H groups in total. The van der Waals surface area contributed by atoms with Crippen molar-refractivity contribution in [2.75, 3.05) is 6.61 Å². The van der Waals surface area contributed by atoms with E-state index in [1.54, 1.807) is 12.1 Å². The van der Waals surface area contributed by atoms with E-state index in [-0.39, 0.29) is 30.4 Å². The van der Waals surface area contributed by atoms with Gasteiger partial charge in [-0.25, -0.2) is 4.39 Å². The molecule has 2 rings (SSSR count). The maximum atomic E-state index is 12.9. The standard InChI is InChI=1S/C15H20FNO3/c16-12-5-1-10(2-6-12)14(9-18)17-15(20)11-3-7-13(19)8-4-11/h1-2,5-6,11,13-14,18-19H,3-4,7-9H2,(H,17,20)/t11?,13?,14-/m0/s1. The average Bonchev–Trinajstić information content (AvgIpc) is 2.46. The second kappa shape index (κ2) is 6.81. The summed E-state index contributed by atoms with van der Waals surface area (Å²) in [5.74, 6) is -0.578. The lowest BCUT2D eigenvalue weighted by Crippen LogP contribution is -2.37. The van der Waals surface area contributed by atoms with Gasteiger partial charge in [0.2, 0.25) is 5.91 Å². The van der Waals surface area contributed by atoms with Gasteiger partial charge in [0.25, 0.3) is 0 Å². The molecule has 0 aromatic heterocycles. The molecule has 4 nitrogen and oxygen atoms in total. The third-order valence-corrected chi connectivity index (χ3v) is 3.84. The quantitative estimate of drug-likeness (QED) is 0.784. The van der Waals surface area contributed by atoms with Crippen molar-refractivity contribution in [2.24, 2.45) is 5.92 Å². The molecule has 1 amide bonds. The summed E-state index contributed by atoms with van der Waals surface area (Å²) in [6.07, 6.45) is 2.30. The molecular formula is C15H20FNO3. The van der Waals surface area contributed by atoms with Gasteiger partial charge in [-0.15, -0.1) is 0 Å². The molecule has 1 aromatic carbocycles. The zero-order chi connectivity index (χ0) is 14.5. The molecular weight excluding hydrogens is 261 g/mol. The van der Waals surface area contributed by atoms with Crippen LogP contribution in [0.15, 0.2) is 24.3 Å². The minimum Gasteiger partial charge on any atom is -0.394 e. The predicted octanol–water partition coefficient (Wildman–Crippen LogP) is 1.53. The molecule has 5 heteroatoms. The van der Waals surface area contributed by atoms with Gasteiger partial charge >= 0.3 is 0 Å². The van der Waals surface area contributed by atoms with Gasteiger partial charge < -0.3 is 15.5 Å². The highest BCUT2D eigenvalue weighted by Gasteiger charge is 2.26. The number of aliphatic hydroxyl groups excluding tert-OH is 2. The summed E-state index contributed by atoms with van der Waals surface area (Å²) in [5.41, 5.74) is 0.679. The lowest BCUT2D eigenvalue weighted by molar-refractivity contribution is -0.127. The highest BCUT2D eigenvalue weighted by Crippen LogP contribution is 2.25. The van der Waals surface area contributed by atoms with E-state index in [2.05, 4.69) is 5.32 Å². The van der Waals surface area contributed by atoms with Crippen LogP contribution in [0.25, 0.3) is 0 Å². The van der Waals surface area contributed by atoms with Crippen LogP contribution in [-0.4, -0.2) is 28.8 Å². The molecule has 1 fully saturated rings. The lowest BCUT2D eigenvalue weighted by atomic mass is 9.86. The molecule has 20 heavy (non-hydrogen) atoms. The van der Waals surface area contributed by atoms with E-state index in [4.69, 9.17) is 0 Å². The van der Waals surface area contributed by atoms with Gasteiger partial charge in [-0.05, 0) is 43.4 Å². The van der Waals surface area contributed by atoms with E-state index in [9.17, 15) is 19.4 Å². The average molecular weight is 281 g/mol. The van der Waals surface area contributed by atoms with Gasteiger partial charge in [0.05, 0.1) is 18.8 Å². The largest absolute Gasteiger partial charge is 0.394 e. The third-order valence-electron chi connectivity index (χ3n) is 3.84. The Morgan fingerprint density at radius 3 is 2.40 bits per heavy atom. The number of hydrogen-bond donors (Lipinski definition) is 3. The first-order chi connectivity index (χ1) is 9.60. The SMILES string of the molecule is O=C(N[C@@H](CO)c1ccc(F)cc1)C1CCC(O)CC1. The molecule has 1 aromatic rings. The first-order valence-corrected chi connectivity index (χ1v) is 6.95. The Balaban J connectivity index is 1.95. The van der Waals surface area contributed by atoms with Crippen molar-refractivity contribution >= 4 is 5.91 Å². The monoisotopic (exact) mass is 281 g/mol. The van der Waals surface area contributed by atoms with E-state index in [1.807, 2.05) is 0 Å². The summed E-state index contributed by atoms with van der Waals surface area (Å²) in [6.45, 7) is -0.229. The normalized spacial score (nSPS) is 24.1. The Labute approximate surface area is 117 Å². The number of amides is 1. The molecule has 0 aliphatic heterocycles. The van der Waals surface area contributed by atoms with Gasteiger partial charge in [-0.1, -0.05) is 12.1 Å². The highest BCUT2D eigenvalue weighted by atomic mass is 19.1. The van der Waals surface area contributed by atoms with Crippen LogP contribution in [0.1, 0.15) is 37.3 Å². The Hall–Kier alpha value is -1.46. The number of hydrogen-bond acceptors (Lipinski definition) is 3. The van der Waals surface area contributed by atoms with Crippen molar-refractivity contribution in [3.05, 3.63) is 35.6 Å². The van der Waals surface area contributed by atoms with Crippen LogP contribution in [0.2, 0.25) is 0 Å².